The minimum absolute atomic E-state index is 0.136. The molecule has 0 radical (unpaired) electrons. The van der Waals surface area contributed by atoms with E-state index in [9.17, 15) is 5.41 Å². The molecule has 3 heteroatoms. The Hall–Kier alpha value is -6.06. The molecule has 216 valence electrons. The van der Waals surface area contributed by atoms with Gasteiger partial charge in [-0.15, -0.1) is 0 Å². The van der Waals surface area contributed by atoms with Gasteiger partial charge >= 0.3 is 0 Å². The van der Waals surface area contributed by atoms with E-state index in [0.29, 0.717) is 5.84 Å². The SMILES string of the molecule is N=C(/N=C(\N)c1ccccc1)c1cc2ccccc2cc1-c1ccc2c(c1)C1(c3ccccc3-c3ccccc31)c1ccccc1-2. The van der Waals surface area contributed by atoms with E-state index in [0.717, 1.165) is 33.0 Å². The maximum atomic E-state index is 9.22. The predicted octanol–water partition coefficient (Wildman–Crippen LogP) is 9.58. The number of amidine groups is 2. The van der Waals surface area contributed by atoms with E-state index in [4.69, 9.17) is 5.73 Å². The summed E-state index contributed by atoms with van der Waals surface area (Å²) in [7, 11) is 0. The smallest absolute Gasteiger partial charge is 0.154 e. The van der Waals surface area contributed by atoms with Gasteiger partial charge in [0, 0.05) is 11.1 Å². The highest BCUT2D eigenvalue weighted by molar-refractivity contribution is 6.14. The van der Waals surface area contributed by atoms with Gasteiger partial charge in [0.25, 0.3) is 0 Å². The van der Waals surface area contributed by atoms with Crippen LogP contribution in [0.4, 0.5) is 0 Å². The van der Waals surface area contributed by atoms with E-state index in [1.807, 2.05) is 36.4 Å². The first-order valence-electron chi connectivity index (χ1n) is 15.6. The van der Waals surface area contributed by atoms with Crippen molar-refractivity contribution >= 4 is 22.4 Å². The summed E-state index contributed by atoms with van der Waals surface area (Å²) in [6.45, 7) is 0. The lowest BCUT2D eigenvalue weighted by molar-refractivity contribution is 0.794. The van der Waals surface area contributed by atoms with E-state index in [1.54, 1.807) is 0 Å². The summed E-state index contributed by atoms with van der Waals surface area (Å²) in [5.74, 6) is 0.462. The second kappa shape index (κ2) is 9.98. The van der Waals surface area contributed by atoms with Crippen LogP contribution in [0.2, 0.25) is 0 Å². The molecule has 1 spiro atoms. The lowest BCUT2D eigenvalue weighted by Crippen LogP contribution is -2.25. The van der Waals surface area contributed by atoms with Crippen molar-refractivity contribution in [3.05, 3.63) is 191 Å². The largest absolute Gasteiger partial charge is 0.383 e. The van der Waals surface area contributed by atoms with Gasteiger partial charge in [0.2, 0.25) is 0 Å². The number of nitrogens with two attached hydrogens (primary N) is 1. The Morgan fingerprint density at radius 1 is 0.478 bits per heavy atom. The fourth-order valence-corrected chi connectivity index (χ4v) is 7.79. The Morgan fingerprint density at radius 2 is 0.978 bits per heavy atom. The van der Waals surface area contributed by atoms with E-state index >= 15 is 0 Å². The summed E-state index contributed by atoms with van der Waals surface area (Å²) in [6.07, 6.45) is 0. The zero-order valence-electron chi connectivity index (χ0n) is 25.0. The number of nitrogens with zero attached hydrogens (tertiary/aromatic N) is 1. The number of fused-ring (bicyclic) bond motifs is 11. The topological polar surface area (TPSA) is 62.2 Å². The first-order chi connectivity index (χ1) is 22.6. The maximum absolute atomic E-state index is 9.22. The summed E-state index contributed by atoms with van der Waals surface area (Å²) in [4.78, 5) is 4.62. The molecule has 0 unspecified atom stereocenters. The molecule has 0 saturated carbocycles. The lowest BCUT2D eigenvalue weighted by atomic mass is 9.70. The molecule has 7 aromatic rings. The second-order valence-electron chi connectivity index (χ2n) is 12.1. The molecule has 46 heavy (non-hydrogen) atoms. The van der Waals surface area contributed by atoms with Crippen LogP contribution < -0.4 is 5.73 Å². The molecule has 3 nitrogen and oxygen atoms in total. The Labute approximate surface area is 267 Å². The van der Waals surface area contributed by atoms with Crippen molar-refractivity contribution in [3.8, 4) is 33.4 Å². The van der Waals surface area contributed by atoms with Gasteiger partial charge in [-0.1, -0.05) is 140 Å². The molecule has 3 N–H and O–H groups in total. The van der Waals surface area contributed by atoms with Crippen molar-refractivity contribution in [2.75, 3.05) is 0 Å². The minimum atomic E-state index is -0.435. The monoisotopic (exact) mass is 587 g/mol. The number of nitrogens with one attached hydrogen (secondary N) is 1. The Morgan fingerprint density at radius 3 is 1.59 bits per heavy atom. The average molecular weight is 588 g/mol. The normalized spacial score (nSPS) is 13.7. The Kier molecular flexibility index (Phi) is 5.72. The van der Waals surface area contributed by atoms with Gasteiger partial charge in [0.1, 0.15) is 5.84 Å². The molecule has 0 bridgehead atoms. The highest BCUT2D eigenvalue weighted by Gasteiger charge is 2.51. The van der Waals surface area contributed by atoms with E-state index in [1.165, 1.54) is 44.5 Å². The minimum Gasteiger partial charge on any atom is -0.383 e. The number of hydrogen-bond acceptors (Lipinski definition) is 1. The van der Waals surface area contributed by atoms with Gasteiger partial charge in [-0.2, -0.15) is 0 Å². The second-order valence-corrected chi connectivity index (χ2v) is 12.1. The summed E-state index contributed by atoms with van der Waals surface area (Å²) >= 11 is 0. The molecule has 0 saturated heterocycles. The van der Waals surface area contributed by atoms with Gasteiger partial charge in [-0.05, 0) is 84.6 Å². The van der Waals surface area contributed by atoms with Crippen LogP contribution in [-0.4, -0.2) is 11.7 Å². The van der Waals surface area contributed by atoms with Gasteiger partial charge in [-0.25, -0.2) is 4.99 Å². The summed E-state index contributed by atoms with van der Waals surface area (Å²) in [5, 5.41) is 11.4. The van der Waals surface area contributed by atoms with Gasteiger partial charge in [0.05, 0.1) is 5.41 Å². The van der Waals surface area contributed by atoms with Crippen LogP contribution in [-0.2, 0) is 5.41 Å². The quantitative estimate of drug-likeness (QED) is 0.157. The van der Waals surface area contributed by atoms with Crippen molar-refractivity contribution in [1.82, 2.24) is 0 Å². The van der Waals surface area contributed by atoms with Crippen molar-refractivity contribution in [2.45, 2.75) is 5.41 Å². The molecular weight excluding hydrogens is 558 g/mol. The molecule has 0 aromatic heterocycles. The summed E-state index contributed by atoms with van der Waals surface area (Å²) in [5.41, 5.74) is 19.8. The molecule has 9 rings (SSSR count). The Bertz CT molecular complexity index is 2340. The molecule has 0 aliphatic heterocycles. The van der Waals surface area contributed by atoms with E-state index in [-0.39, 0.29) is 5.84 Å². The maximum Gasteiger partial charge on any atom is 0.154 e. The predicted molar refractivity (Wildman–Crippen MR) is 190 cm³/mol. The first-order valence-corrected chi connectivity index (χ1v) is 15.6. The van der Waals surface area contributed by atoms with Crippen LogP contribution in [0.5, 0.6) is 0 Å². The van der Waals surface area contributed by atoms with Gasteiger partial charge in [0.15, 0.2) is 5.84 Å². The zero-order chi connectivity index (χ0) is 30.8. The van der Waals surface area contributed by atoms with Gasteiger partial charge < -0.3 is 5.73 Å². The van der Waals surface area contributed by atoms with Crippen molar-refractivity contribution < 1.29 is 0 Å². The average Bonchev–Trinajstić information content (AvgIpc) is 3.58. The highest BCUT2D eigenvalue weighted by atomic mass is 14.9. The molecule has 2 aliphatic carbocycles. The van der Waals surface area contributed by atoms with Crippen molar-refractivity contribution in [3.63, 3.8) is 0 Å². The van der Waals surface area contributed by atoms with Crippen LogP contribution in [0, 0.1) is 5.41 Å². The van der Waals surface area contributed by atoms with Crippen molar-refractivity contribution in [2.24, 2.45) is 10.7 Å². The molecule has 0 atom stereocenters. The summed E-state index contributed by atoms with van der Waals surface area (Å²) in [6, 6.07) is 55.6. The van der Waals surface area contributed by atoms with Crippen LogP contribution >= 0.6 is 0 Å². The number of benzene rings is 7. The molecule has 7 aromatic carbocycles. The van der Waals surface area contributed by atoms with Crippen LogP contribution in [0.1, 0.15) is 33.4 Å². The third-order valence-electron chi connectivity index (χ3n) is 9.75. The standard InChI is InChI=1S/C43H29N3/c44-41(27-12-2-1-3-13-27)46-42(45)36-25-29-15-5-4-14-28(29)24-35(36)30-22-23-34-33-18-8-11-21-39(33)43(40(34)26-30)37-19-9-6-16-31(37)32-17-7-10-20-38(32)43/h1-26H,(H3,44,45,46). The Balaban J connectivity index is 1.30. The number of aliphatic imine (C=N–C) groups is 1. The third kappa shape index (κ3) is 3.66. The number of rotatable bonds is 3. The third-order valence-corrected chi connectivity index (χ3v) is 9.75. The number of hydrogen-bond donors (Lipinski definition) is 2. The van der Waals surface area contributed by atoms with Crippen molar-refractivity contribution in [1.29, 1.82) is 5.41 Å². The van der Waals surface area contributed by atoms with Crippen LogP contribution in [0.15, 0.2) is 163 Å². The molecule has 2 aliphatic rings. The first kappa shape index (κ1) is 26.4. The fourth-order valence-electron chi connectivity index (χ4n) is 7.79. The fraction of sp³-hybridized carbons (Fsp3) is 0.0233. The molecular formula is C43H29N3. The summed E-state index contributed by atoms with van der Waals surface area (Å²) < 4.78 is 0. The molecule has 0 fully saturated rings. The van der Waals surface area contributed by atoms with Crippen LogP contribution in [0.3, 0.4) is 0 Å². The zero-order valence-corrected chi connectivity index (χ0v) is 25.0. The van der Waals surface area contributed by atoms with E-state index < -0.39 is 5.41 Å². The highest BCUT2D eigenvalue weighted by Crippen LogP contribution is 2.63. The van der Waals surface area contributed by atoms with Crippen LogP contribution in [0.25, 0.3) is 44.2 Å². The lowest BCUT2D eigenvalue weighted by Gasteiger charge is -2.30. The van der Waals surface area contributed by atoms with Gasteiger partial charge in [-0.3, -0.25) is 5.41 Å². The molecule has 0 heterocycles. The van der Waals surface area contributed by atoms with E-state index in [2.05, 4.69) is 126 Å². The molecule has 0 amide bonds.